The fourth-order valence-electron chi connectivity index (χ4n) is 0.783. The van der Waals surface area contributed by atoms with E-state index in [2.05, 4.69) is 5.92 Å². The molecule has 0 atom stereocenters. The van der Waals surface area contributed by atoms with Crippen LogP contribution in [0.5, 0.6) is 0 Å². The van der Waals surface area contributed by atoms with E-state index in [9.17, 15) is 0 Å². The van der Waals surface area contributed by atoms with Gasteiger partial charge in [0.25, 0.3) is 5.60 Å². The molecule has 0 unspecified atom stereocenters. The molecule has 74 valence electrons. The van der Waals surface area contributed by atoms with Crippen LogP contribution in [0.15, 0.2) is 0 Å². The first-order chi connectivity index (χ1) is 6.74. The van der Waals surface area contributed by atoms with Crippen molar-refractivity contribution in [1.82, 2.24) is 0 Å². The van der Waals surface area contributed by atoms with Crippen LogP contribution in [0.1, 0.15) is 13.3 Å². The molecule has 4 heteroatoms. The summed E-state index contributed by atoms with van der Waals surface area (Å²) in [5.74, 6) is 2.24. The summed E-state index contributed by atoms with van der Waals surface area (Å²) in [5, 5.41) is 17.5. The van der Waals surface area contributed by atoms with Crippen molar-refractivity contribution < 1.29 is 9.47 Å². The maximum atomic E-state index is 8.73. The normalized spacial score (nSPS) is 9.86. The molecule has 0 aliphatic carbocycles. The first kappa shape index (κ1) is 12.5. The molecule has 0 N–H and O–H groups in total. The summed E-state index contributed by atoms with van der Waals surface area (Å²) >= 11 is 0. The molecule has 0 saturated heterocycles. The summed E-state index contributed by atoms with van der Waals surface area (Å²) < 4.78 is 10.1. The maximum Gasteiger partial charge on any atom is 0.252 e. The summed E-state index contributed by atoms with van der Waals surface area (Å²) in [4.78, 5) is 0. The van der Waals surface area contributed by atoms with Gasteiger partial charge < -0.3 is 9.47 Å². The second kappa shape index (κ2) is 6.92. The van der Waals surface area contributed by atoms with Crippen LogP contribution in [0.3, 0.4) is 0 Å². The lowest BCUT2D eigenvalue weighted by Crippen LogP contribution is -2.30. The molecule has 0 aromatic heterocycles. The second-order valence-corrected chi connectivity index (χ2v) is 2.48. The van der Waals surface area contributed by atoms with Gasteiger partial charge in [-0.05, 0) is 6.92 Å². The van der Waals surface area contributed by atoms with Gasteiger partial charge in [0.05, 0.1) is 19.6 Å². The Labute approximate surface area is 84.0 Å². The number of hydrogen-bond acceptors (Lipinski definition) is 4. The highest BCUT2D eigenvalue weighted by Crippen LogP contribution is 2.12. The Morgan fingerprint density at radius 2 is 1.93 bits per heavy atom. The molecule has 0 radical (unpaired) electrons. The molecule has 14 heavy (non-hydrogen) atoms. The fourth-order valence-corrected chi connectivity index (χ4v) is 0.783. The zero-order valence-electron chi connectivity index (χ0n) is 8.12. The van der Waals surface area contributed by atoms with Crippen molar-refractivity contribution in [3.05, 3.63) is 0 Å². The molecule has 0 rings (SSSR count). The maximum absolute atomic E-state index is 8.73. The van der Waals surface area contributed by atoms with Gasteiger partial charge in [0.1, 0.15) is 12.1 Å². The summed E-state index contributed by atoms with van der Waals surface area (Å²) in [5.41, 5.74) is -1.52. The Bertz CT molecular complexity index is 266. The van der Waals surface area contributed by atoms with Gasteiger partial charge >= 0.3 is 0 Å². The van der Waals surface area contributed by atoms with Crippen LogP contribution in [0.4, 0.5) is 0 Å². The Morgan fingerprint density at radius 3 is 2.36 bits per heavy atom. The number of nitriles is 2. The van der Waals surface area contributed by atoms with E-state index in [1.807, 2.05) is 6.92 Å². The molecule has 0 aliphatic rings. The Hall–Kier alpha value is -1.54. The molecule has 0 heterocycles. The minimum Gasteiger partial charge on any atom is -0.379 e. The Morgan fingerprint density at radius 1 is 1.29 bits per heavy atom. The number of nitrogens with zero attached hydrogens (tertiary/aromatic N) is 2. The van der Waals surface area contributed by atoms with Gasteiger partial charge in [-0.1, -0.05) is 0 Å². The van der Waals surface area contributed by atoms with E-state index in [-0.39, 0.29) is 13.0 Å². The van der Waals surface area contributed by atoms with Crippen LogP contribution in [0, 0.1) is 35.0 Å². The average Bonchev–Trinajstić information content (AvgIpc) is 2.23. The van der Waals surface area contributed by atoms with E-state index in [1.54, 1.807) is 12.1 Å². The minimum absolute atomic E-state index is 0.0356. The third-order valence-electron chi connectivity index (χ3n) is 1.49. The molecule has 0 aromatic rings. The van der Waals surface area contributed by atoms with E-state index in [0.717, 1.165) is 0 Å². The zero-order chi connectivity index (χ0) is 10.9. The van der Waals surface area contributed by atoms with E-state index in [1.165, 1.54) is 0 Å². The quantitative estimate of drug-likeness (QED) is 0.462. The largest absolute Gasteiger partial charge is 0.379 e. The smallest absolute Gasteiger partial charge is 0.252 e. The van der Waals surface area contributed by atoms with Gasteiger partial charge in [-0.2, -0.15) is 10.5 Å². The van der Waals surface area contributed by atoms with Crippen molar-refractivity contribution in [2.45, 2.75) is 18.9 Å². The lowest BCUT2D eigenvalue weighted by atomic mass is 10.0. The molecular formula is C10H12N2O2. The zero-order valence-corrected chi connectivity index (χ0v) is 8.12. The number of ether oxygens (including phenoxy) is 2. The van der Waals surface area contributed by atoms with Crippen LogP contribution >= 0.6 is 0 Å². The van der Waals surface area contributed by atoms with Crippen LogP contribution in [0.25, 0.3) is 0 Å². The van der Waals surface area contributed by atoms with E-state index in [0.29, 0.717) is 13.2 Å². The van der Waals surface area contributed by atoms with Crippen LogP contribution in [0.2, 0.25) is 0 Å². The first-order valence-corrected chi connectivity index (χ1v) is 4.22. The number of hydrogen-bond donors (Lipinski definition) is 0. The molecule has 0 saturated carbocycles. The summed E-state index contributed by atoms with van der Waals surface area (Å²) in [7, 11) is 0. The third-order valence-corrected chi connectivity index (χ3v) is 1.49. The van der Waals surface area contributed by atoms with Crippen molar-refractivity contribution in [3.63, 3.8) is 0 Å². The van der Waals surface area contributed by atoms with Gasteiger partial charge in [0.2, 0.25) is 0 Å². The second-order valence-electron chi connectivity index (χ2n) is 2.48. The molecule has 4 nitrogen and oxygen atoms in total. The highest BCUT2D eigenvalue weighted by molar-refractivity contribution is 5.21. The topological polar surface area (TPSA) is 66.0 Å². The predicted molar refractivity (Wildman–Crippen MR) is 49.9 cm³/mol. The lowest BCUT2D eigenvalue weighted by Gasteiger charge is -2.16. The molecule has 0 bridgehead atoms. The van der Waals surface area contributed by atoms with E-state index < -0.39 is 5.60 Å². The van der Waals surface area contributed by atoms with Gasteiger partial charge in [-0.3, -0.25) is 0 Å². The molecule has 0 fully saturated rings. The molecule has 0 aromatic carbocycles. The van der Waals surface area contributed by atoms with Gasteiger partial charge in [0, 0.05) is 6.61 Å². The van der Waals surface area contributed by atoms with Crippen molar-refractivity contribution in [1.29, 1.82) is 10.5 Å². The van der Waals surface area contributed by atoms with Gasteiger partial charge in [-0.15, -0.1) is 12.3 Å². The van der Waals surface area contributed by atoms with Crippen molar-refractivity contribution in [3.8, 4) is 24.5 Å². The first-order valence-electron chi connectivity index (χ1n) is 4.22. The van der Waals surface area contributed by atoms with Crippen molar-refractivity contribution in [2.75, 3.05) is 19.8 Å². The number of terminal acetylenes is 1. The highest BCUT2D eigenvalue weighted by Gasteiger charge is 2.29. The van der Waals surface area contributed by atoms with Crippen molar-refractivity contribution >= 4 is 0 Å². The fraction of sp³-hybridized carbons (Fsp3) is 0.600. The van der Waals surface area contributed by atoms with Crippen molar-refractivity contribution in [2.24, 2.45) is 0 Å². The summed E-state index contributed by atoms with van der Waals surface area (Å²) in [6.45, 7) is 2.97. The highest BCUT2D eigenvalue weighted by atomic mass is 16.5. The Kier molecular flexibility index (Phi) is 6.16. The average molecular weight is 192 g/mol. The standard InChI is InChI=1S/C10H12N2O2/c1-3-5-10(8-11,9-12)14-7-6-13-4-2/h1H,4-7H2,2H3. The summed E-state index contributed by atoms with van der Waals surface area (Å²) in [6.07, 6.45) is 5.00. The van der Waals surface area contributed by atoms with Gasteiger partial charge in [0.15, 0.2) is 0 Å². The monoisotopic (exact) mass is 192 g/mol. The predicted octanol–water partition coefficient (Wildman–Crippen LogP) is 0.849. The molecule has 0 amide bonds. The Balaban J connectivity index is 4.07. The lowest BCUT2D eigenvalue weighted by molar-refractivity contribution is -0.000324. The van der Waals surface area contributed by atoms with Crippen LogP contribution in [-0.4, -0.2) is 25.4 Å². The minimum atomic E-state index is -1.52. The third kappa shape index (κ3) is 3.92. The van der Waals surface area contributed by atoms with Crippen LogP contribution < -0.4 is 0 Å². The van der Waals surface area contributed by atoms with E-state index in [4.69, 9.17) is 26.4 Å². The molecule has 0 spiro atoms. The molecular weight excluding hydrogens is 180 g/mol. The molecule has 0 aliphatic heterocycles. The van der Waals surface area contributed by atoms with Gasteiger partial charge in [-0.25, -0.2) is 0 Å². The van der Waals surface area contributed by atoms with E-state index >= 15 is 0 Å². The van der Waals surface area contributed by atoms with Crippen LogP contribution in [-0.2, 0) is 9.47 Å². The SMILES string of the molecule is C#CCC(C#N)(C#N)OCCOCC. The number of rotatable bonds is 6. The summed E-state index contributed by atoms with van der Waals surface area (Å²) in [6, 6.07) is 3.52.